The molecule has 0 saturated carbocycles. The quantitative estimate of drug-likeness (QED) is 0.298. The molecule has 6 nitrogen and oxygen atoms in total. The number of nitrogens with one attached hydrogen (secondary N) is 3. The number of thiazole rings is 1. The van der Waals surface area contributed by atoms with Gasteiger partial charge in [-0.1, -0.05) is 62.8 Å². The second-order valence-corrected chi connectivity index (χ2v) is 10.5. The fourth-order valence-electron chi connectivity index (χ4n) is 4.25. The normalized spacial score (nSPS) is 14.4. The minimum absolute atomic E-state index is 0.0829. The van der Waals surface area contributed by atoms with Gasteiger partial charge >= 0.3 is 0 Å². The van der Waals surface area contributed by atoms with Crippen LogP contribution < -0.4 is 20.7 Å². The summed E-state index contributed by atoms with van der Waals surface area (Å²) in [5.41, 5.74) is 2.85. The fraction of sp³-hybridized carbons (Fsp3) is 0.393. The van der Waals surface area contributed by atoms with Crippen molar-refractivity contribution in [2.45, 2.75) is 64.2 Å². The van der Waals surface area contributed by atoms with E-state index in [-0.39, 0.29) is 12.5 Å². The van der Waals surface area contributed by atoms with Crippen molar-refractivity contribution >= 4 is 51.1 Å². The number of benzene rings is 2. The molecule has 0 saturated heterocycles. The van der Waals surface area contributed by atoms with E-state index in [1.54, 1.807) is 11.3 Å². The second-order valence-electron chi connectivity index (χ2n) is 9.03. The predicted octanol–water partition coefficient (Wildman–Crippen LogP) is 7.19. The molecule has 190 valence electrons. The highest BCUT2D eigenvalue weighted by molar-refractivity contribution is 7.80. The van der Waals surface area contributed by atoms with Gasteiger partial charge in [-0.05, 0) is 62.2 Å². The monoisotopic (exact) mass is 522 g/mol. The number of nitrogens with zero attached hydrogens (tertiary/aromatic N) is 1. The van der Waals surface area contributed by atoms with Gasteiger partial charge in [-0.25, -0.2) is 4.98 Å². The third-order valence-electron chi connectivity index (χ3n) is 6.09. The molecule has 0 unspecified atom stereocenters. The summed E-state index contributed by atoms with van der Waals surface area (Å²) in [6.07, 6.45) is 12.3. The van der Waals surface area contributed by atoms with Crippen molar-refractivity contribution < 1.29 is 9.53 Å². The molecule has 3 aromatic rings. The number of aromatic nitrogens is 1. The lowest BCUT2D eigenvalue weighted by Gasteiger charge is -2.12. The van der Waals surface area contributed by atoms with Crippen LogP contribution in [0.25, 0.3) is 0 Å². The molecule has 3 N–H and O–H groups in total. The lowest BCUT2D eigenvalue weighted by Crippen LogP contribution is -2.20. The van der Waals surface area contributed by atoms with Crippen molar-refractivity contribution in [1.29, 1.82) is 0 Å². The Morgan fingerprint density at radius 2 is 1.50 bits per heavy atom. The van der Waals surface area contributed by atoms with Crippen LogP contribution in [0.1, 0.15) is 61.9 Å². The molecular weight excluding hydrogens is 488 g/mol. The third-order valence-corrected chi connectivity index (χ3v) is 7.36. The van der Waals surface area contributed by atoms with Gasteiger partial charge in [-0.15, -0.1) is 11.3 Å². The van der Waals surface area contributed by atoms with Gasteiger partial charge < -0.3 is 15.4 Å². The number of carbonyl (C=O) groups is 1. The Bertz CT molecular complexity index is 1100. The molecule has 1 aliphatic carbocycles. The first kappa shape index (κ1) is 26.1. The average Bonchev–Trinajstić information content (AvgIpc) is 3.24. The van der Waals surface area contributed by atoms with Gasteiger partial charge in [-0.3, -0.25) is 10.1 Å². The van der Waals surface area contributed by atoms with E-state index in [1.165, 1.54) is 56.2 Å². The lowest BCUT2D eigenvalue weighted by molar-refractivity contribution is -0.118. The Hall–Kier alpha value is -2.97. The van der Waals surface area contributed by atoms with Gasteiger partial charge in [0.2, 0.25) is 0 Å². The van der Waals surface area contributed by atoms with Gasteiger partial charge in [0, 0.05) is 22.3 Å². The summed E-state index contributed by atoms with van der Waals surface area (Å²) in [5.74, 6) is 0.378. The number of ether oxygens (including phenoxy) is 1. The predicted molar refractivity (Wildman–Crippen MR) is 153 cm³/mol. The summed E-state index contributed by atoms with van der Waals surface area (Å²) in [7, 11) is 0. The summed E-state index contributed by atoms with van der Waals surface area (Å²) in [6, 6.07) is 17.1. The van der Waals surface area contributed by atoms with Crippen molar-refractivity contribution in [3.8, 4) is 5.75 Å². The van der Waals surface area contributed by atoms with Crippen LogP contribution >= 0.6 is 23.6 Å². The Morgan fingerprint density at radius 3 is 2.28 bits per heavy atom. The van der Waals surface area contributed by atoms with Crippen molar-refractivity contribution in [2.75, 3.05) is 22.6 Å². The number of fused-ring (bicyclic) bond motifs is 1. The third kappa shape index (κ3) is 8.60. The summed E-state index contributed by atoms with van der Waals surface area (Å²) in [4.78, 5) is 18.7. The molecule has 0 spiro atoms. The molecule has 0 atom stereocenters. The Morgan fingerprint density at radius 1 is 0.833 bits per heavy atom. The van der Waals surface area contributed by atoms with Crippen LogP contribution in [0.5, 0.6) is 5.75 Å². The summed E-state index contributed by atoms with van der Waals surface area (Å²) in [6.45, 7) is -0.0829. The highest BCUT2D eigenvalue weighted by atomic mass is 32.1. The van der Waals surface area contributed by atoms with Crippen LogP contribution in [0.2, 0.25) is 0 Å². The second kappa shape index (κ2) is 13.9. The molecule has 0 bridgehead atoms. The van der Waals surface area contributed by atoms with Crippen molar-refractivity contribution in [3.05, 3.63) is 65.2 Å². The largest absolute Gasteiger partial charge is 0.484 e. The molecule has 1 amide bonds. The number of carbonyl (C=O) groups excluding carboxylic acids is 1. The minimum atomic E-state index is -0.209. The van der Waals surface area contributed by atoms with Gasteiger partial charge in [0.15, 0.2) is 16.9 Å². The van der Waals surface area contributed by atoms with Gasteiger partial charge in [0.25, 0.3) is 5.91 Å². The number of thiocarbonyl (C=S) groups is 1. The van der Waals surface area contributed by atoms with Gasteiger partial charge in [0.05, 0.1) is 5.69 Å². The molecule has 1 aromatic heterocycles. The average molecular weight is 523 g/mol. The topological polar surface area (TPSA) is 75.3 Å². The van der Waals surface area contributed by atoms with E-state index in [4.69, 9.17) is 21.9 Å². The molecule has 4 rings (SSSR count). The van der Waals surface area contributed by atoms with E-state index in [1.807, 2.05) is 54.6 Å². The van der Waals surface area contributed by atoms with Crippen LogP contribution in [0.3, 0.4) is 0 Å². The SMILES string of the molecule is O=C(COc1cccc(NC(=S)Nc2ccccc2)c1)Nc1nc2c(s1)CCCCCCCCCC2. The minimum Gasteiger partial charge on any atom is -0.484 e. The van der Waals surface area contributed by atoms with E-state index in [9.17, 15) is 4.79 Å². The number of rotatable bonds is 6. The first-order chi connectivity index (χ1) is 17.7. The summed E-state index contributed by atoms with van der Waals surface area (Å²) < 4.78 is 5.74. The Labute approximate surface area is 222 Å². The van der Waals surface area contributed by atoms with Gasteiger partial charge in [0.1, 0.15) is 5.75 Å². The summed E-state index contributed by atoms with van der Waals surface area (Å²) >= 11 is 7.01. The smallest absolute Gasteiger partial charge is 0.264 e. The standard InChI is InChI=1S/C28H34N4O2S2/c33-26(32-28-31-24-17-10-5-3-1-2-4-6-11-18-25(24)36-28)20-34-23-16-12-15-22(19-23)30-27(35)29-21-13-8-7-9-14-21/h7-9,12-16,19H,1-6,10-11,17-18,20H2,(H2,29,30,35)(H,31,32,33). The van der Waals surface area contributed by atoms with Crippen LogP contribution in [0, 0.1) is 0 Å². The first-order valence-corrected chi connectivity index (χ1v) is 14.0. The van der Waals surface area contributed by atoms with E-state index in [0.29, 0.717) is 16.0 Å². The zero-order chi connectivity index (χ0) is 25.0. The lowest BCUT2D eigenvalue weighted by atomic mass is 10.0. The van der Waals surface area contributed by atoms with E-state index < -0.39 is 0 Å². The first-order valence-electron chi connectivity index (χ1n) is 12.8. The van der Waals surface area contributed by atoms with Crippen LogP contribution in [-0.2, 0) is 17.6 Å². The van der Waals surface area contributed by atoms with Crippen molar-refractivity contribution in [2.24, 2.45) is 0 Å². The summed E-state index contributed by atoms with van der Waals surface area (Å²) in [5, 5.41) is 10.4. The van der Waals surface area contributed by atoms with E-state index in [2.05, 4.69) is 16.0 Å². The molecular formula is C28H34N4O2S2. The van der Waals surface area contributed by atoms with Crippen LogP contribution in [0.4, 0.5) is 16.5 Å². The fourth-order valence-corrected chi connectivity index (χ4v) is 5.55. The number of para-hydroxylation sites is 1. The van der Waals surface area contributed by atoms with E-state index >= 15 is 0 Å². The van der Waals surface area contributed by atoms with Crippen molar-refractivity contribution in [3.63, 3.8) is 0 Å². The van der Waals surface area contributed by atoms with E-state index in [0.717, 1.165) is 29.9 Å². The van der Waals surface area contributed by atoms with Crippen molar-refractivity contribution in [1.82, 2.24) is 4.98 Å². The number of hydrogen-bond donors (Lipinski definition) is 3. The number of anilines is 3. The maximum atomic E-state index is 12.6. The molecule has 2 aromatic carbocycles. The molecule has 0 aliphatic heterocycles. The molecule has 0 radical (unpaired) electrons. The molecule has 8 heteroatoms. The zero-order valence-corrected chi connectivity index (χ0v) is 22.2. The Kier molecular flexibility index (Phi) is 10.1. The van der Waals surface area contributed by atoms with Gasteiger partial charge in [-0.2, -0.15) is 0 Å². The molecule has 0 fully saturated rings. The number of hydrogen-bond acceptors (Lipinski definition) is 5. The molecule has 36 heavy (non-hydrogen) atoms. The van der Waals surface area contributed by atoms with Crippen LogP contribution in [0.15, 0.2) is 54.6 Å². The number of aryl methyl sites for hydroxylation is 2. The maximum Gasteiger partial charge on any atom is 0.264 e. The molecule has 1 heterocycles. The maximum absolute atomic E-state index is 12.6. The Balaban J connectivity index is 1.27. The zero-order valence-electron chi connectivity index (χ0n) is 20.6. The highest BCUT2D eigenvalue weighted by Crippen LogP contribution is 2.27. The number of amides is 1. The highest BCUT2D eigenvalue weighted by Gasteiger charge is 2.14. The van der Waals surface area contributed by atoms with Crippen LogP contribution in [-0.4, -0.2) is 22.6 Å². The molecule has 1 aliphatic rings.